The summed E-state index contributed by atoms with van der Waals surface area (Å²) in [5.74, 6) is 0.781. The van der Waals surface area contributed by atoms with E-state index in [4.69, 9.17) is 4.74 Å². The number of hydrogen-bond donors (Lipinski definition) is 1. The van der Waals surface area contributed by atoms with Gasteiger partial charge in [0.1, 0.15) is 16.6 Å². The van der Waals surface area contributed by atoms with Gasteiger partial charge in [-0.3, -0.25) is 10.1 Å². The van der Waals surface area contributed by atoms with E-state index in [0.717, 1.165) is 0 Å². The van der Waals surface area contributed by atoms with Crippen molar-refractivity contribution in [3.8, 4) is 11.6 Å². The Morgan fingerprint density at radius 1 is 1.35 bits per heavy atom. The van der Waals surface area contributed by atoms with Crippen LogP contribution in [0.1, 0.15) is 0 Å². The van der Waals surface area contributed by atoms with Crippen LogP contribution >= 0.6 is 31.9 Å². The van der Waals surface area contributed by atoms with Gasteiger partial charge in [0.05, 0.1) is 9.40 Å². The molecule has 2 rings (SSSR count). The molecule has 0 unspecified atom stereocenters. The van der Waals surface area contributed by atoms with Gasteiger partial charge in [0, 0.05) is 13.1 Å². The molecule has 0 radical (unpaired) electrons. The van der Waals surface area contributed by atoms with E-state index in [1.54, 1.807) is 19.2 Å². The molecule has 1 aromatic carbocycles. The van der Waals surface area contributed by atoms with Gasteiger partial charge in [0.2, 0.25) is 11.6 Å². The lowest BCUT2D eigenvalue weighted by Gasteiger charge is -2.10. The quantitative estimate of drug-likeness (QED) is 0.617. The van der Waals surface area contributed by atoms with Crippen LogP contribution < -0.4 is 10.1 Å². The number of anilines is 1. The van der Waals surface area contributed by atoms with Crippen LogP contribution in [0.25, 0.3) is 0 Å². The van der Waals surface area contributed by atoms with Crippen molar-refractivity contribution in [3.63, 3.8) is 0 Å². The highest BCUT2D eigenvalue weighted by Gasteiger charge is 2.21. The molecule has 1 heterocycles. The molecule has 0 spiro atoms. The Balaban J connectivity index is 2.48. The van der Waals surface area contributed by atoms with Crippen molar-refractivity contribution in [2.45, 2.75) is 0 Å². The minimum absolute atomic E-state index is 0.0824. The van der Waals surface area contributed by atoms with E-state index in [0.29, 0.717) is 14.8 Å². The van der Waals surface area contributed by atoms with Crippen LogP contribution in [-0.2, 0) is 0 Å². The lowest BCUT2D eigenvalue weighted by atomic mass is 10.3. The van der Waals surface area contributed by atoms with Gasteiger partial charge in [0.25, 0.3) is 0 Å². The molecule has 0 amide bonds. The van der Waals surface area contributed by atoms with Crippen molar-refractivity contribution >= 4 is 43.4 Å². The third kappa shape index (κ3) is 2.88. The number of aromatic nitrogens is 2. The zero-order chi connectivity index (χ0) is 14.7. The van der Waals surface area contributed by atoms with Crippen molar-refractivity contribution in [1.29, 1.82) is 0 Å². The van der Waals surface area contributed by atoms with Crippen molar-refractivity contribution in [3.05, 3.63) is 43.6 Å². The van der Waals surface area contributed by atoms with Crippen molar-refractivity contribution < 1.29 is 9.66 Å². The van der Waals surface area contributed by atoms with Crippen molar-refractivity contribution in [1.82, 2.24) is 9.97 Å². The summed E-state index contributed by atoms with van der Waals surface area (Å²) in [5.41, 5.74) is -0.157. The van der Waals surface area contributed by atoms with Gasteiger partial charge in [-0.1, -0.05) is 6.07 Å². The molecule has 20 heavy (non-hydrogen) atoms. The van der Waals surface area contributed by atoms with Crippen LogP contribution in [0.4, 0.5) is 11.5 Å². The Bertz CT molecular complexity index is 666. The molecule has 0 aliphatic rings. The van der Waals surface area contributed by atoms with Gasteiger partial charge in [-0.25, -0.2) is 9.97 Å². The minimum Gasteiger partial charge on any atom is -0.429 e. The zero-order valence-electron chi connectivity index (χ0n) is 10.1. The molecule has 1 N–H and O–H groups in total. The lowest BCUT2D eigenvalue weighted by Crippen LogP contribution is -1.99. The largest absolute Gasteiger partial charge is 0.429 e. The molecule has 2 aromatic rings. The standard InChI is InChI=1S/C11H8Br2N4O3/c1-14-10-8(13)11(16-5-15-10)20-9-6(12)3-2-4-7(9)17(18)19/h2-5H,1H3,(H,14,15,16). The number of para-hydroxylation sites is 1. The maximum Gasteiger partial charge on any atom is 0.312 e. The molecular formula is C11H8Br2N4O3. The Hall–Kier alpha value is -1.74. The fourth-order valence-corrected chi connectivity index (χ4v) is 2.36. The van der Waals surface area contributed by atoms with Gasteiger partial charge in [-0.15, -0.1) is 0 Å². The molecule has 0 bridgehead atoms. The van der Waals surface area contributed by atoms with Gasteiger partial charge < -0.3 is 10.1 Å². The molecule has 0 saturated heterocycles. The first-order chi connectivity index (χ1) is 9.54. The highest BCUT2D eigenvalue weighted by atomic mass is 79.9. The fraction of sp³-hybridized carbons (Fsp3) is 0.0909. The molecule has 7 nitrogen and oxygen atoms in total. The number of nitro benzene ring substituents is 1. The molecule has 1 aromatic heterocycles. The highest BCUT2D eigenvalue weighted by molar-refractivity contribution is 9.11. The summed E-state index contributed by atoms with van der Waals surface area (Å²) in [7, 11) is 1.69. The smallest absolute Gasteiger partial charge is 0.312 e. The zero-order valence-corrected chi connectivity index (χ0v) is 13.3. The number of nitro groups is 1. The van der Waals surface area contributed by atoms with Gasteiger partial charge >= 0.3 is 5.69 Å². The minimum atomic E-state index is -0.520. The van der Waals surface area contributed by atoms with Crippen molar-refractivity contribution in [2.24, 2.45) is 0 Å². The molecule has 0 fully saturated rings. The average Bonchev–Trinajstić information content (AvgIpc) is 2.42. The maximum absolute atomic E-state index is 11.0. The van der Waals surface area contributed by atoms with E-state index < -0.39 is 4.92 Å². The molecule has 0 saturated carbocycles. The molecule has 0 aliphatic heterocycles. The average molecular weight is 404 g/mol. The van der Waals surface area contributed by atoms with E-state index in [1.165, 1.54) is 12.4 Å². The number of nitrogens with zero attached hydrogens (tertiary/aromatic N) is 3. The first-order valence-corrected chi connectivity index (χ1v) is 6.92. The van der Waals surface area contributed by atoms with E-state index in [1.807, 2.05) is 0 Å². The molecular weight excluding hydrogens is 396 g/mol. The number of hydrogen-bond acceptors (Lipinski definition) is 6. The fourth-order valence-electron chi connectivity index (χ4n) is 1.44. The van der Waals surface area contributed by atoms with Crippen LogP contribution in [0.5, 0.6) is 11.6 Å². The normalized spacial score (nSPS) is 10.2. The van der Waals surface area contributed by atoms with Crippen LogP contribution in [-0.4, -0.2) is 21.9 Å². The molecule has 104 valence electrons. The van der Waals surface area contributed by atoms with Crippen LogP contribution in [0.15, 0.2) is 33.5 Å². The van der Waals surface area contributed by atoms with Crippen LogP contribution in [0, 0.1) is 10.1 Å². The third-order valence-corrected chi connectivity index (χ3v) is 3.68. The van der Waals surface area contributed by atoms with Gasteiger partial charge in [-0.2, -0.15) is 0 Å². The van der Waals surface area contributed by atoms with Crippen LogP contribution in [0.2, 0.25) is 0 Å². The van der Waals surface area contributed by atoms with Gasteiger partial charge in [0.15, 0.2) is 0 Å². The van der Waals surface area contributed by atoms with E-state index >= 15 is 0 Å². The number of rotatable bonds is 4. The summed E-state index contributed by atoms with van der Waals surface area (Å²) in [6.45, 7) is 0. The predicted octanol–water partition coefficient (Wildman–Crippen LogP) is 3.74. The Morgan fingerprint density at radius 2 is 2.10 bits per heavy atom. The number of nitrogens with one attached hydrogen (secondary N) is 1. The number of benzene rings is 1. The SMILES string of the molecule is CNc1ncnc(Oc2c(Br)cccc2[N+](=O)[O-])c1Br. The second kappa shape index (κ2) is 6.14. The second-order valence-corrected chi connectivity index (χ2v) is 5.19. The topological polar surface area (TPSA) is 90.2 Å². The Morgan fingerprint density at radius 3 is 2.75 bits per heavy atom. The van der Waals surface area contributed by atoms with Crippen molar-refractivity contribution in [2.75, 3.05) is 12.4 Å². The number of halogens is 2. The summed E-state index contributed by atoms with van der Waals surface area (Å²) in [6, 6.07) is 4.56. The predicted molar refractivity (Wildman–Crippen MR) is 80.1 cm³/mol. The van der Waals surface area contributed by atoms with E-state index in [-0.39, 0.29) is 17.3 Å². The lowest BCUT2D eigenvalue weighted by molar-refractivity contribution is -0.385. The molecule has 0 atom stereocenters. The first kappa shape index (κ1) is 14.7. The monoisotopic (exact) mass is 402 g/mol. The van der Waals surface area contributed by atoms with E-state index in [2.05, 4.69) is 47.1 Å². The summed E-state index contributed by atoms with van der Waals surface area (Å²) in [5, 5.41) is 13.9. The second-order valence-electron chi connectivity index (χ2n) is 3.54. The maximum atomic E-state index is 11.0. The van der Waals surface area contributed by atoms with E-state index in [9.17, 15) is 10.1 Å². The molecule has 9 heteroatoms. The Labute approximate surface area is 130 Å². The van der Waals surface area contributed by atoms with Crippen LogP contribution in [0.3, 0.4) is 0 Å². The summed E-state index contributed by atoms with van der Waals surface area (Å²) in [6.07, 6.45) is 1.30. The van der Waals surface area contributed by atoms with Gasteiger partial charge in [-0.05, 0) is 37.9 Å². The Kier molecular flexibility index (Phi) is 4.50. The first-order valence-electron chi connectivity index (χ1n) is 5.33. The summed E-state index contributed by atoms with van der Waals surface area (Å²) < 4.78 is 6.49. The highest BCUT2D eigenvalue weighted by Crippen LogP contribution is 2.40. The molecule has 0 aliphatic carbocycles. The third-order valence-electron chi connectivity index (χ3n) is 2.34. The summed E-state index contributed by atoms with van der Waals surface area (Å²) in [4.78, 5) is 18.4. The number of ether oxygens (including phenoxy) is 1. The summed E-state index contributed by atoms with van der Waals surface area (Å²) >= 11 is 6.52.